The Balaban J connectivity index is 2.64. The molecule has 0 aromatic carbocycles. The molecule has 4 nitrogen and oxygen atoms in total. The summed E-state index contributed by atoms with van der Waals surface area (Å²) in [5.74, 6) is 0. The summed E-state index contributed by atoms with van der Waals surface area (Å²) in [4.78, 5) is 6.60. The van der Waals surface area contributed by atoms with Crippen LogP contribution in [0.15, 0.2) is 18.5 Å². The van der Waals surface area contributed by atoms with E-state index in [-0.39, 0.29) is 0 Å². The molecule has 0 spiro atoms. The predicted octanol–water partition coefficient (Wildman–Crippen LogP) is 1.49. The van der Waals surface area contributed by atoms with Crippen molar-refractivity contribution in [3.8, 4) is 0 Å². The van der Waals surface area contributed by atoms with Gasteiger partial charge >= 0.3 is 0 Å². The normalized spacial score (nSPS) is 10.8. The van der Waals surface area contributed by atoms with Crippen LogP contribution in [0.1, 0.15) is 12.6 Å². The van der Waals surface area contributed by atoms with Crippen molar-refractivity contribution in [3.63, 3.8) is 0 Å². The third-order valence-corrected chi connectivity index (χ3v) is 2.35. The van der Waals surface area contributed by atoms with E-state index in [9.17, 15) is 0 Å². The van der Waals surface area contributed by atoms with Crippen molar-refractivity contribution in [2.45, 2.75) is 13.8 Å². The standard InChI is InChI=1S/C10H14N4/c1-4-13(3)9-5-6-11-14-7-8(2)12-10(9)14/h5-7H,4H2,1-3H3. The Morgan fingerprint density at radius 2 is 2.29 bits per heavy atom. The van der Waals surface area contributed by atoms with Gasteiger partial charge in [-0.1, -0.05) is 0 Å². The zero-order valence-corrected chi connectivity index (χ0v) is 8.73. The highest BCUT2D eigenvalue weighted by molar-refractivity contribution is 5.67. The maximum Gasteiger partial charge on any atom is 0.177 e. The molecule has 0 bridgehead atoms. The van der Waals surface area contributed by atoms with Gasteiger partial charge in [-0.2, -0.15) is 5.10 Å². The van der Waals surface area contributed by atoms with Crippen LogP contribution in [0.2, 0.25) is 0 Å². The van der Waals surface area contributed by atoms with Gasteiger partial charge in [0, 0.05) is 13.6 Å². The highest BCUT2D eigenvalue weighted by Gasteiger charge is 2.07. The van der Waals surface area contributed by atoms with E-state index in [1.807, 2.05) is 23.7 Å². The fourth-order valence-corrected chi connectivity index (χ4v) is 1.47. The van der Waals surface area contributed by atoms with Crippen LogP contribution in [-0.2, 0) is 0 Å². The fourth-order valence-electron chi connectivity index (χ4n) is 1.47. The van der Waals surface area contributed by atoms with Crippen molar-refractivity contribution in [3.05, 3.63) is 24.2 Å². The molecule has 0 aliphatic heterocycles. The zero-order chi connectivity index (χ0) is 10.1. The van der Waals surface area contributed by atoms with Crippen LogP contribution in [-0.4, -0.2) is 28.2 Å². The summed E-state index contributed by atoms with van der Waals surface area (Å²) >= 11 is 0. The van der Waals surface area contributed by atoms with Crippen LogP contribution in [0.25, 0.3) is 5.65 Å². The SMILES string of the molecule is CCN(C)c1ccnn2cc(C)nc12. The lowest BCUT2D eigenvalue weighted by molar-refractivity contribution is 0.905. The van der Waals surface area contributed by atoms with Gasteiger partial charge in [0.05, 0.1) is 23.8 Å². The van der Waals surface area contributed by atoms with Gasteiger partial charge in [0.1, 0.15) is 0 Å². The monoisotopic (exact) mass is 190 g/mol. The second-order valence-electron chi connectivity index (χ2n) is 3.38. The molecule has 0 aliphatic rings. The van der Waals surface area contributed by atoms with Crippen molar-refractivity contribution < 1.29 is 0 Å². The molecule has 0 unspecified atom stereocenters. The Kier molecular flexibility index (Phi) is 2.11. The number of imidazole rings is 1. The summed E-state index contributed by atoms with van der Waals surface area (Å²) in [5, 5.41) is 4.21. The summed E-state index contributed by atoms with van der Waals surface area (Å²) in [5.41, 5.74) is 3.04. The van der Waals surface area contributed by atoms with Crippen LogP contribution >= 0.6 is 0 Å². The molecule has 0 N–H and O–H groups in total. The van der Waals surface area contributed by atoms with Gasteiger partial charge < -0.3 is 4.90 Å². The Morgan fingerprint density at radius 3 is 3.00 bits per heavy atom. The largest absolute Gasteiger partial charge is 0.372 e. The van der Waals surface area contributed by atoms with Gasteiger partial charge in [-0.3, -0.25) is 0 Å². The summed E-state index contributed by atoms with van der Waals surface area (Å²) in [7, 11) is 2.05. The molecule has 14 heavy (non-hydrogen) atoms. The molecular weight excluding hydrogens is 176 g/mol. The average Bonchev–Trinajstić information content (AvgIpc) is 2.56. The molecule has 0 atom stereocenters. The third kappa shape index (κ3) is 1.32. The number of hydrogen-bond acceptors (Lipinski definition) is 3. The maximum atomic E-state index is 4.44. The van der Waals surface area contributed by atoms with E-state index in [4.69, 9.17) is 0 Å². The van der Waals surface area contributed by atoms with E-state index in [1.165, 1.54) is 0 Å². The molecule has 0 amide bonds. The maximum absolute atomic E-state index is 4.44. The van der Waals surface area contributed by atoms with Gasteiger partial charge in [-0.05, 0) is 19.9 Å². The molecule has 74 valence electrons. The van der Waals surface area contributed by atoms with Crippen molar-refractivity contribution in [1.82, 2.24) is 14.6 Å². The first kappa shape index (κ1) is 8.99. The number of nitrogens with zero attached hydrogens (tertiary/aromatic N) is 4. The second kappa shape index (κ2) is 3.29. The minimum absolute atomic E-state index is 0.925. The molecule has 2 rings (SSSR count). The first-order valence-electron chi connectivity index (χ1n) is 4.74. The van der Waals surface area contributed by atoms with Crippen LogP contribution < -0.4 is 4.90 Å². The molecule has 2 aromatic heterocycles. The van der Waals surface area contributed by atoms with Crippen LogP contribution in [0.4, 0.5) is 5.69 Å². The van der Waals surface area contributed by atoms with E-state index >= 15 is 0 Å². The topological polar surface area (TPSA) is 33.4 Å². The third-order valence-electron chi connectivity index (χ3n) is 2.35. The number of aryl methyl sites for hydroxylation is 1. The Morgan fingerprint density at radius 1 is 1.50 bits per heavy atom. The molecule has 0 radical (unpaired) electrons. The summed E-state index contributed by atoms with van der Waals surface area (Å²) in [6.07, 6.45) is 3.73. The highest BCUT2D eigenvalue weighted by atomic mass is 15.3. The smallest absolute Gasteiger partial charge is 0.177 e. The molecule has 0 fully saturated rings. The molecular formula is C10H14N4. The highest BCUT2D eigenvalue weighted by Crippen LogP contribution is 2.17. The molecule has 0 saturated carbocycles. The Bertz CT molecular complexity index is 446. The van der Waals surface area contributed by atoms with Gasteiger partial charge in [-0.15, -0.1) is 0 Å². The summed E-state index contributed by atoms with van der Waals surface area (Å²) in [6, 6.07) is 1.99. The van der Waals surface area contributed by atoms with Gasteiger partial charge in [0.25, 0.3) is 0 Å². The minimum atomic E-state index is 0.925. The number of fused-ring (bicyclic) bond motifs is 1. The number of anilines is 1. The van der Waals surface area contributed by atoms with E-state index in [0.717, 1.165) is 23.6 Å². The quantitative estimate of drug-likeness (QED) is 0.719. The van der Waals surface area contributed by atoms with Gasteiger partial charge in [-0.25, -0.2) is 9.50 Å². The molecule has 2 aromatic rings. The first-order valence-corrected chi connectivity index (χ1v) is 4.74. The number of aromatic nitrogens is 3. The lowest BCUT2D eigenvalue weighted by Gasteiger charge is -2.16. The predicted molar refractivity (Wildman–Crippen MR) is 56.7 cm³/mol. The van der Waals surface area contributed by atoms with Crippen LogP contribution in [0.5, 0.6) is 0 Å². The van der Waals surface area contributed by atoms with Crippen LogP contribution in [0, 0.1) is 6.92 Å². The van der Waals surface area contributed by atoms with E-state index in [0.29, 0.717) is 0 Å². The lowest BCUT2D eigenvalue weighted by Crippen LogP contribution is -2.17. The van der Waals surface area contributed by atoms with Crippen molar-refractivity contribution >= 4 is 11.3 Å². The molecule has 2 heterocycles. The second-order valence-corrected chi connectivity index (χ2v) is 3.38. The van der Waals surface area contributed by atoms with Crippen molar-refractivity contribution in [1.29, 1.82) is 0 Å². The van der Waals surface area contributed by atoms with E-state index in [2.05, 4.69) is 29.0 Å². The van der Waals surface area contributed by atoms with Crippen molar-refractivity contribution in [2.75, 3.05) is 18.5 Å². The Hall–Kier alpha value is -1.58. The van der Waals surface area contributed by atoms with Crippen LogP contribution in [0.3, 0.4) is 0 Å². The summed E-state index contributed by atoms with van der Waals surface area (Å²) in [6.45, 7) is 5.06. The van der Waals surface area contributed by atoms with Gasteiger partial charge in [0.2, 0.25) is 0 Å². The number of rotatable bonds is 2. The van der Waals surface area contributed by atoms with E-state index < -0.39 is 0 Å². The van der Waals surface area contributed by atoms with Gasteiger partial charge in [0.15, 0.2) is 5.65 Å². The Labute approximate surface area is 83.2 Å². The first-order chi connectivity index (χ1) is 6.72. The molecule has 0 saturated heterocycles. The van der Waals surface area contributed by atoms with E-state index in [1.54, 1.807) is 6.20 Å². The fraction of sp³-hybridized carbons (Fsp3) is 0.400. The lowest BCUT2D eigenvalue weighted by atomic mass is 10.4. The molecule has 0 aliphatic carbocycles. The van der Waals surface area contributed by atoms with Crippen molar-refractivity contribution in [2.24, 2.45) is 0 Å². The molecule has 4 heteroatoms. The number of hydrogen-bond donors (Lipinski definition) is 0. The minimum Gasteiger partial charge on any atom is -0.372 e. The average molecular weight is 190 g/mol. The zero-order valence-electron chi connectivity index (χ0n) is 8.73. The summed E-state index contributed by atoms with van der Waals surface area (Å²) < 4.78 is 1.82.